The molecule has 25 heavy (non-hydrogen) atoms. The van der Waals surface area contributed by atoms with Crippen molar-refractivity contribution >= 4 is 27.7 Å². The van der Waals surface area contributed by atoms with Gasteiger partial charge in [0, 0.05) is 10.5 Å². The van der Waals surface area contributed by atoms with E-state index in [0.29, 0.717) is 12.5 Å². The van der Waals surface area contributed by atoms with Gasteiger partial charge in [0.1, 0.15) is 6.61 Å². The summed E-state index contributed by atoms with van der Waals surface area (Å²) in [5, 5.41) is 0. The van der Waals surface area contributed by atoms with E-state index in [1.54, 1.807) is 0 Å². The molecule has 0 radical (unpaired) electrons. The molecule has 1 atom stereocenters. The number of ether oxygens (including phenoxy) is 1. The molecule has 0 bridgehead atoms. The van der Waals surface area contributed by atoms with Crippen LogP contribution in [0.3, 0.4) is 0 Å². The van der Waals surface area contributed by atoms with E-state index in [9.17, 15) is 4.79 Å². The van der Waals surface area contributed by atoms with Crippen molar-refractivity contribution in [2.45, 2.75) is 46.3 Å². The molecule has 4 heteroatoms. The molecule has 2 aromatic carbocycles. The molecule has 0 spiro atoms. The van der Waals surface area contributed by atoms with E-state index in [2.05, 4.69) is 48.8 Å². The average Bonchev–Trinajstić information content (AvgIpc) is 2.59. The number of carbonyl (C=O) groups excluding carboxylic acids is 1. The van der Waals surface area contributed by atoms with Crippen LogP contribution in [0.1, 0.15) is 37.0 Å². The first-order valence-corrected chi connectivity index (χ1v) is 9.55. The lowest BCUT2D eigenvalue weighted by atomic mass is 9.89. The minimum Gasteiger partial charge on any atom is -0.444 e. The van der Waals surface area contributed by atoms with Crippen molar-refractivity contribution in [3.05, 3.63) is 63.6 Å². The molecule has 1 aliphatic rings. The van der Waals surface area contributed by atoms with E-state index in [-0.39, 0.29) is 12.1 Å². The molecular weight excluding hydrogens is 378 g/mol. The van der Waals surface area contributed by atoms with Crippen molar-refractivity contribution < 1.29 is 9.53 Å². The molecule has 0 saturated carbocycles. The minimum atomic E-state index is -0.270. The zero-order valence-electron chi connectivity index (χ0n) is 15.0. The second-order valence-electron chi connectivity index (χ2n) is 7.01. The van der Waals surface area contributed by atoms with Gasteiger partial charge in [-0.2, -0.15) is 0 Å². The molecule has 2 aromatic rings. The Hall–Kier alpha value is -1.81. The summed E-state index contributed by atoms with van der Waals surface area (Å²) in [6, 6.07) is 14.2. The Labute approximate surface area is 158 Å². The fourth-order valence-electron chi connectivity index (χ4n) is 3.51. The number of hydrogen-bond acceptors (Lipinski definition) is 2. The SMILES string of the molecule is Cc1cc(Br)c2c(c1)CCC(C(C)C)N2C(=O)OCc1ccccc1. The highest BCUT2D eigenvalue weighted by Crippen LogP contribution is 2.40. The van der Waals surface area contributed by atoms with Crippen LogP contribution in [0.25, 0.3) is 0 Å². The van der Waals surface area contributed by atoms with E-state index < -0.39 is 0 Å². The van der Waals surface area contributed by atoms with E-state index in [0.717, 1.165) is 28.6 Å². The summed E-state index contributed by atoms with van der Waals surface area (Å²) in [5.41, 5.74) is 4.37. The van der Waals surface area contributed by atoms with Gasteiger partial charge in [0.05, 0.1) is 5.69 Å². The maximum Gasteiger partial charge on any atom is 0.414 e. The van der Waals surface area contributed by atoms with Crippen LogP contribution in [0.2, 0.25) is 0 Å². The number of hydrogen-bond donors (Lipinski definition) is 0. The maximum atomic E-state index is 13.0. The van der Waals surface area contributed by atoms with Gasteiger partial charge < -0.3 is 4.74 Å². The fraction of sp³-hybridized carbons (Fsp3) is 0.381. The third-order valence-electron chi connectivity index (χ3n) is 4.74. The highest BCUT2D eigenvalue weighted by Gasteiger charge is 2.35. The van der Waals surface area contributed by atoms with Crippen molar-refractivity contribution in [3.63, 3.8) is 0 Å². The third kappa shape index (κ3) is 3.90. The van der Waals surface area contributed by atoms with E-state index in [1.165, 1.54) is 11.1 Å². The number of halogens is 1. The smallest absolute Gasteiger partial charge is 0.414 e. The van der Waals surface area contributed by atoms with Crippen LogP contribution in [-0.4, -0.2) is 12.1 Å². The summed E-state index contributed by atoms with van der Waals surface area (Å²) >= 11 is 3.66. The molecule has 1 heterocycles. The summed E-state index contributed by atoms with van der Waals surface area (Å²) in [6.45, 7) is 6.70. The molecule has 0 fully saturated rings. The summed E-state index contributed by atoms with van der Waals surface area (Å²) in [5.74, 6) is 0.366. The van der Waals surface area contributed by atoms with Crippen LogP contribution in [-0.2, 0) is 17.8 Å². The second-order valence-corrected chi connectivity index (χ2v) is 7.87. The number of carbonyl (C=O) groups is 1. The maximum absolute atomic E-state index is 13.0. The van der Waals surface area contributed by atoms with Crippen LogP contribution < -0.4 is 4.90 Å². The van der Waals surface area contributed by atoms with Crippen molar-refractivity contribution in [1.82, 2.24) is 0 Å². The van der Waals surface area contributed by atoms with E-state index in [1.807, 2.05) is 35.2 Å². The Bertz CT molecular complexity index is 758. The summed E-state index contributed by atoms with van der Waals surface area (Å²) in [6.07, 6.45) is 1.68. The second kappa shape index (κ2) is 7.61. The Balaban J connectivity index is 1.89. The van der Waals surface area contributed by atoms with Gasteiger partial charge in [-0.05, 0) is 64.4 Å². The van der Waals surface area contributed by atoms with Gasteiger partial charge in [-0.25, -0.2) is 4.79 Å². The van der Waals surface area contributed by atoms with Crippen molar-refractivity contribution in [2.75, 3.05) is 4.90 Å². The summed E-state index contributed by atoms with van der Waals surface area (Å²) in [7, 11) is 0. The number of nitrogens with zero attached hydrogens (tertiary/aromatic N) is 1. The molecule has 3 nitrogen and oxygen atoms in total. The molecule has 0 aromatic heterocycles. The van der Waals surface area contributed by atoms with Gasteiger partial charge in [-0.1, -0.05) is 50.2 Å². The Morgan fingerprint density at radius 2 is 2.00 bits per heavy atom. The van der Waals surface area contributed by atoms with Gasteiger partial charge in [-0.3, -0.25) is 4.90 Å². The van der Waals surface area contributed by atoms with Gasteiger partial charge in [0.2, 0.25) is 0 Å². The zero-order chi connectivity index (χ0) is 18.0. The first kappa shape index (κ1) is 18.0. The van der Waals surface area contributed by atoms with Crippen LogP contribution in [0.5, 0.6) is 0 Å². The average molecular weight is 402 g/mol. The molecule has 0 saturated heterocycles. The lowest BCUT2D eigenvalue weighted by molar-refractivity contribution is 0.141. The number of rotatable bonds is 3. The Morgan fingerprint density at radius 3 is 2.68 bits per heavy atom. The van der Waals surface area contributed by atoms with Crippen molar-refractivity contribution in [2.24, 2.45) is 5.92 Å². The molecule has 0 aliphatic carbocycles. The normalized spacial score (nSPS) is 16.7. The molecule has 1 unspecified atom stereocenters. The van der Waals surface area contributed by atoms with Crippen LogP contribution >= 0.6 is 15.9 Å². The highest BCUT2D eigenvalue weighted by molar-refractivity contribution is 9.10. The van der Waals surface area contributed by atoms with Crippen LogP contribution in [0, 0.1) is 12.8 Å². The van der Waals surface area contributed by atoms with Gasteiger partial charge >= 0.3 is 6.09 Å². The summed E-state index contributed by atoms with van der Waals surface area (Å²) in [4.78, 5) is 14.8. The molecule has 3 rings (SSSR count). The zero-order valence-corrected chi connectivity index (χ0v) is 16.5. The lowest BCUT2D eigenvalue weighted by Crippen LogP contribution is -2.47. The van der Waals surface area contributed by atoms with E-state index in [4.69, 9.17) is 4.74 Å². The predicted octanol–water partition coefficient (Wildman–Crippen LogP) is 5.87. The number of benzene rings is 2. The lowest BCUT2D eigenvalue weighted by Gasteiger charge is -2.39. The standard InChI is InChI=1S/C21H24BrNO2/c1-14(2)19-10-9-17-11-15(3)12-18(22)20(17)23(19)21(24)25-13-16-7-5-4-6-8-16/h4-8,11-12,14,19H,9-10,13H2,1-3H3. The Kier molecular flexibility index (Phi) is 5.48. The third-order valence-corrected chi connectivity index (χ3v) is 5.34. The first-order chi connectivity index (χ1) is 12.0. The van der Waals surface area contributed by atoms with Gasteiger partial charge in [0.25, 0.3) is 0 Å². The van der Waals surface area contributed by atoms with Crippen LogP contribution in [0.15, 0.2) is 46.9 Å². The number of aryl methyl sites for hydroxylation is 2. The monoisotopic (exact) mass is 401 g/mol. The largest absolute Gasteiger partial charge is 0.444 e. The molecular formula is C21H24BrNO2. The molecule has 132 valence electrons. The molecule has 1 aliphatic heterocycles. The summed E-state index contributed by atoms with van der Waals surface area (Å²) < 4.78 is 6.62. The number of amides is 1. The minimum absolute atomic E-state index is 0.148. The first-order valence-electron chi connectivity index (χ1n) is 8.76. The topological polar surface area (TPSA) is 29.5 Å². The predicted molar refractivity (Wildman–Crippen MR) is 105 cm³/mol. The molecule has 1 amide bonds. The van der Waals surface area contributed by atoms with E-state index >= 15 is 0 Å². The van der Waals surface area contributed by atoms with Gasteiger partial charge in [0.15, 0.2) is 0 Å². The quantitative estimate of drug-likeness (QED) is 0.643. The van der Waals surface area contributed by atoms with Crippen molar-refractivity contribution in [1.29, 1.82) is 0 Å². The number of anilines is 1. The molecule has 0 N–H and O–H groups in total. The number of fused-ring (bicyclic) bond motifs is 1. The van der Waals surface area contributed by atoms with Crippen LogP contribution in [0.4, 0.5) is 10.5 Å². The van der Waals surface area contributed by atoms with Gasteiger partial charge in [-0.15, -0.1) is 0 Å². The fourth-order valence-corrected chi connectivity index (χ4v) is 4.32. The Morgan fingerprint density at radius 1 is 1.28 bits per heavy atom. The van der Waals surface area contributed by atoms with Crippen molar-refractivity contribution in [3.8, 4) is 0 Å². The highest BCUT2D eigenvalue weighted by atomic mass is 79.9.